The Kier molecular flexibility index (Phi) is 6.66. The quantitative estimate of drug-likeness (QED) is 0.650. The molecular formula is C22H27N3O3. The van der Waals surface area contributed by atoms with Crippen LogP contribution in [0.15, 0.2) is 48.5 Å². The fraction of sp³-hybridized carbons (Fsp3) is 0.364. The lowest BCUT2D eigenvalue weighted by Gasteiger charge is -2.10. The summed E-state index contributed by atoms with van der Waals surface area (Å²) in [4.78, 5) is 24.3. The van der Waals surface area contributed by atoms with E-state index in [2.05, 4.69) is 16.0 Å². The van der Waals surface area contributed by atoms with E-state index in [0.717, 1.165) is 24.0 Å². The van der Waals surface area contributed by atoms with Crippen molar-refractivity contribution in [3.05, 3.63) is 65.2 Å². The lowest BCUT2D eigenvalue weighted by atomic mass is 10.1. The fourth-order valence-electron chi connectivity index (χ4n) is 2.62. The number of ether oxygens (including phenoxy) is 1. The Morgan fingerprint density at radius 2 is 1.79 bits per heavy atom. The van der Waals surface area contributed by atoms with Crippen molar-refractivity contribution in [2.24, 2.45) is 0 Å². The molecule has 1 aliphatic carbocycles. The molecule has 0 atom stereocenters. The minimum absolute atomic E-state index is 0.182. The van der Waals surface area contributed by atoms with Crippen LogP contribution in [-0.2, 0) is 17.9 Å². The molecule has 1 saturated carbocycles. The van der Waals surface area contributed by atoms with Gasteiger partial charge in [-0.3, -0.25) is 4.79 Å². The average Bonchev–Trinajstić information content (AvgIpc) is 3.49. The molecule has 2 aromatic rings. The lowest BCUT2D eigenvalue weighted by Crippen LogP contribution is -2.30. The van der Waals surface area contributed by atoms with Crippen molar-refractivity contribution >= 4 is 17.6 Å². The van der Waals surface area contributed by atoms with Crippen LogP contribution in [0.1, 0.15) is 48.2 Å². The summed E-state index contributed by atoms with van der Waals surface area (Å²) in [6, 6.07) is 15.0. The predicted molar refractivity (Wildman–Crippen MR) is 109 cm³/mol. The molecule has 3 rings (SSSR count). The van der Waals surface area contributed by atoms with Gasteiger partial charge in [0, 0.05) is 23.8 Å². The van der Waals surface area contributed by atoms with Crippen molar-refractivity contribution in [3.8, 4) is 0 Å². The van der Waals surface area contributed by atoms with Gasteiger partial charge < -0.3 is 20.7 Å². The Hall–Kier alpha value is -2.86. The van der Waals surface area contributed by atoms with Gasteiger partial charge in [-0.05, 0) is 56.0 Å². The predicted octanol–water partition coefficient (Wildman–Crippen LogP) is 3.83. The second-order valence-electron chi connectivity index (χ2n) is 7.31. The number of amides is 3. The van der Waals surface area contributed by atoms with Gasteiger partial charge in [-0.15, -0.1) is 0 Å². The Bertz CT molecular complexity index is 814. The van der Waals surface area contributed by atoms with E-state index in [9.17, 15) is 9.59 Å². The van der Waals surface area contributed by atoms with Crippen LogP contribution < -0.4 is 16.0 Å². The molecule has 2 aromatic carbocycles. The third-order valence-electron chi connectivity index (χ3n) is 4.35. The monoisotopic (exact) mass is 381 g/mol. The van der Waals surface area contributed by atoms with Crippen molar-refractivity contribution in [3.63, 3.8) is 0 Å². The zero-order valence-electron chi connectivity index (χ0n) is 16.3. The maximum absolute atomic E-state index is 12.4. The molecule has 1 fully saturated rings. The summed E-state index contributed by atoms with van der Waals surface area (Å²) in [6.07, 6.45) is 2.26. The number of urea groups is 1. The van der Waals surface area contributed by atoms with Crippen LogP contribution in [0, 0.1) is 0 Å². The van der Waals surface area contributed by atoms with Crippen molar-refractivity contribution in [1.29, 1.82) is 0 Å². The van der Waals surface area contributed by atoms with Gasteiger partial charge in [0.2, 0.25) is 0 Å². The number of hydrogen-bond acceptors (Lipinski definition) is 3. The Morgan fingerprint density at radius 1 is 1.07 bits per heavy atom. The van der Waals surface area contributed by atoms with Crippen molar-refractivity contribution in [2.45, 2.75) is 52.0 Å². The zero-order valence-corrected chi connectivity index (χ0v) is 16.3. The van der Waals surface area contributed by atoms with Crippen molar-refractivity contribution < 1.29 is 14.3 Å². The van der Waals surface area contributed by atoms with Gasteiger partial charge >= 0.3 is 6.03 Å². The molecule has 28 heavy (non-hydrogen) atoms. The van der Waals surface area contributed by atoms with E-state index < -0.39 is 0 Å². The molecule has 6 nitrogen and oxygen atoms in total. The highest BCUT2D eigenvalue weighted by atomic mass is 16.5. The van der Waals surface area contributed by atoms with E-state index in [4.69, 9.17) is 4.74 Å². The van der Waals surface area contributed by atoms with Gasteiger partial charge in [0.1, 0.15) is 0 Å². The molecule has 6 heteroatoms. The van der Waals surface area contributed by atoms with E-state index in [0.29, 0.717) is 24.4 Å². The molecular weight excluding hydrogens is 354 g/mol. The summed E-state index contributed by atoms with van der Waals surface area (Å²) in [5.41, 5.74) is 3.22. The maximum Gasteiger partial charge on any atom is 0.319 e. The number of benzene rings is 2. The average molecular weight is 381 g/mol. The summed E-state index contributed by atoms with van der Waals surface area (Å²) < 4.78 is 5.58. The van der Waals surface area contributed by atoms with Gasteiger partial charge in [0.05, 0.1) is 12.7 Å². The van der Waals surface area contributed by atoms with Gasteiger partial charge in [-0.1, -0.05) is 30.3 Å². The summed E-state index contributed by atoms with van der Waals surface area (Å²) >= 11 is 0. The molecule has 0 spiro atoms. The topological polar surface area (TPSA) is 79.5 Å². The number of rotatable bonds is 8. The van der Waals surface area contributed by atoms with Crippen LogP contribution in [0.3, 0.4) is 0 Å². The first kappa shape index (κ1) is 19.9. The minimum Gasteiger partial charge on any atom is -0.374 e. The van der Waals surface area contributed by atoms with E-state index in [1.54, 1.807) is 24.3 Å². The number of nitrogens with one attached hydrogen (secondary N) is 3. The highest BCUT2D eigenvalue weighted by molar-refractivity contribution is 5.96. The standard InChI is InChI=1S/C22H27N3O3/c1-15(2)28-14-17-8-6-16(7-9-17)13-23-21(26)18-4-3-5-20(12-18)25-22(27)24-19-10-11-19/h3-9,12,15,19H,10-11,13-14H2,1-2H3,(H,23,26)(H2,24,25,27). The highest BCUT2D eigenvalue weighted by Crippen LogP contribution is 2.19. The Labute approximate surface area is 165 Å². The molecule has 0 aliphatic heterocycles. The number of carbonyl (C=O) groups is 2. The highest BCUT2D eigenvalue weighted by Gasteiger charge is 2.23. The van der Waals surface area contributed by atoms with Crippen LogP contribution in [0.4, 0.5) is 10.5 Å². The van der Waals surface area contributed by atoms with Crippen LogP contribution in [0.2, 0.25) is 0 Å². The molecule has 0 unspecified atom stereocenters. The summed E-state index contributed by atoms with van der Waals surface area (Å²) in [7, 11) is 0. The van der Waals surface area contributed by atoms with Crippen LogP contribution in [0.25, 0.3) is 0 Å². The van der Waals surface area contributed by atoms with Gasteiger partial charge in [-0.25, -0.2) is 4.79 Å². The zero-order chi connectivity index (χ0) is 19.9. The third kappa shape index (κ3) is 6.39. The molecule has 0 aromatic heterocycles. The second kappa shape index (κ2) is 9.37. The third-order valence-corrected chi connectivity index (χ3v) is 4.35. The van der Waals surface area contributed by atoms with Crippen molar-refractivity contribution in [2.75, 3.05) is 5.32 Å². The van der Waals surface area contributed by atoms with Gasteiger partial charge in [-0.2, -0.15) is 0 Å². The largest absolute Gasteiger partial charge is 0.374 e. The lowest BCUT2D eigenvalue weighted by molar-refractivity contribution is 0.0657. The first-order valence-corrected chi connectivity index (χ1v) is 9.65. The molecule has 1 aliphatic rings. The molecule has 3 amide bonds. The molecule has 148 valence electrons. The minimum atomic E-state index is -0.235. The molecule has 0 heterocycles. The molecule has 0 saturated heterocycles. The van der Waals surface area contributed by atoms with Gasteiger partial charge in [0.15, 0.2) is 0 Å². The summed E-state index contributed by atoms with van der Waals surface area (Å²) in [5, 5.41) is 8.53. The number of carbonyl (C=O) groups excluding carboxylic acids is 2. The van der Waals surface area contributed by atoms with E-state index >= 15 is 0 Å². The van der Waals surface area contributed by atoms with Crippen LogP contribution in [-0.4, -0.2) is 24.1 Å². The number of hydrogen-bond donors (Lipinski definition) is 3. The molecule has 3 N–H and O–H groups in total. The van der Waals surface area contributed by atoms with Gasteiger partial charge in [0.25, 0.3) is 5.91 Å². The Balaban J connectivity index is 1.50. The fourth-order valence-corrected chi connectivity index (χ4v) is 2.62. The molecule has 0 bridgehead atoms. The first-order chi connectivity index (χ1) is 13.5. The SMILES string of the molecule is CC(C)OCc1ccc(CNC(=O)c2cccc(NC(=O)NC3CC3)c2)cc1. The number of anilines is 1. The van der Waals surface area contributed by atoms with E-state index in [-0.39, 0.29) is 24.1 Å². The summed E-state index contributed by atoms with van der Waals surface area (Å²) in [6.45, 7) is 5.03. The smallest absolute Gasteiger partial charge is 0.319 e. The van der Waals surface area contributed by atoms with E-state index in [1.807, 2.05) is 38.1 Å². The van der Waals surface area contributed by atoms with Crippen molar-refractivity contribution in [1.82, 2.24) is 10.6 Å². The first-order valence-electron chi connectivity index (χ1n) is 9.65. The normalized spacial score (nSPS) is 13.2. The second-order valence-corrected chi connectivity index (χ2v) is 7.31. The van der Waals surface area contributed by atoms with Crippen LogP contribution >= 0.6 is 0 Å². The summed E-state index contributed by atoms with van der Waals surface area (Å²) in [5.74, 6) is -0.182. The maximum atomic E-state index is 12.4. The Morgan fingerprint density at radius 3 is 2.46 bits per heavy atom. The molecule has 0 radical (unpaired) electrons. The van der Waals surface area contributed by atoms with Crippen LogP contribution in [0.5, 0.6) is 0 Å². The van der Waals surface area contributed by atoms with E-state index in [1.165, 1.54) is 0 Å².